The Labute approximate surface area is 200 Å². The second-order valence-corrected chi connectivity index (χ2v) is 8.00. The highest BCUT2D eigenvalue weighted by molar-refractivity contribution is 7.80. The van der Waals surface area contributed by atoms with Crippen LogP contribution in [0, 0.1) is 0 Å². The van der Waals surface area contributed by atoms with Gasteiger partial charge in [-0.15, -0.1) is 0 Å². The molecule has 1 aliphatic rings. The minimum absolute atomic E-state index is 0.127. The molecule has 2 atom stereocenters. The fourth-order valence-electron chi connectivity index (χ4n) is 3.75. The summed E-state index contributed by atoms with van der Waals surface area (Å²) in [5.41, 5.74) is 6.79. The fraction of sp³-hybridized carbons (Fsp3) is 0.261. The van der Waals surface area contributed by atoms with E-state index < -0.39 is 18.4 Å². The molecule has 0 saturated heterocycles. The molecule has 1 aliphatic heterocycles. The summed E-state index contributed by atoms with van der Waals surface area (Å²) in [7, 11) is 0. The Morgan fingerprint density at radius 3 is 2.62 bits per heavy atom. The van der Waals surface area contributed by atoms with Crippen molar-refractivity contribution in [2.24, 2.45) is 0 Å². The number of benzene rings is 2. The third kappa shape index (κ3) is 5.25. The van der Waals surface area contributed by atoms with Gasteiger partial charge in [0.25, 0.3) is 12.3 Å². The van der Waals surface area contributed by atoms with Gasteiger partial charge in [0.05, 0.1) is 18.8 Å². The van der Waals surface area contributed by atoms with E-state index in [1.165, 1.54) is 10.9 Å². The van der Waals surface area contributed by atoms with E-state index in [-0.39, 0.29) is 29.0 Å². The van der Waals surface area contributed by atoms with Crippen LogP contribution in [0.2, 0.25) is 0 Å². The van der Waals surface area contributed by atoms with Crippen LogP contribution in [0.3, 0.4) is 0 Å². The summed E-state index contributed by atoms with van der Waals surface area (Å²) in [6, 6.07) is 14.9. The van der Waals surface area contributed by atoms with Crippen LogP contribution in [0.1, 0.15) is 41.3 Å². The number of fused-ring (bicyclic) bond motifs is 1. The maximum atomic E-state index is 13.8. The van der Waals surface area contributed by atoms with Gasteiger partial charge in [-0.05, 0) is 55.4 Å². The summed E-state index contributed by atoms with van der Waals surface area (Å²) in [6.07, 6.45) is -1.22. The Bertz CT molecular complexity index is 1140. The first-order valence-electron chi connectivity index (χ1n) is 10.7. The summed E-state index contributed by atoms with van der Waals surface area (Å²) in [5, 5.41) is 10.3. The molecule has 1 aromatic heterocycles. The lowest BCUT2D eigenvalue weighted by atomic mass is 9.97. The number of hydrogen-bond donors (Lipinski definition) is 4. The maximum absolute atomic E-state index is 13.8. The number of ether oxygens (including phenoxy) is 1. The van der Waals surface area contributed by atoms with Crippen LogP contribution in [-0.2, 0) is 0 Å². The minimum Gasteiger partial charge on any atom is -0.494 e. The molecule has 8 nitrogen and oxygen atoms in total. The van der Waals surface area contributed by atoms with Gasteiger partial charge in [0.2, 0.25) is 0 Å². The zero-order chi connectivity index (χ0) is 24.1. The van der Waals surface area contributed by atoms with Gasteiger partial charge in [0.1, 0.15) is 23.2 Å². The van der Waals surface area contributed by atoms with E-state index in [0.29, 0.717) is 12.3 Å². The molecule has 0 saturated carbocycles. The predicted octanol–water partition coefficient (Wildman–Crippen LogP) is 4.28. The second kappa shape index (κ2) is 10.5. The molecule has 0 bridgehead atoms. The van der Waals surface area contributed by atoms with Gasteiger partial charge in [-0.1, -0.05) is 30.3 Å². The number of hydrogen-bond acceptors (Lipinski definition) is 5. The number of amides is 1. The van der Waals surface area contributed by atoms with Crippen molar-refractivity contribution in [1.82, 2.24) is 20.6 Å². The number of thiocarbonyl (C=S) groups is 1. The maximum Gasteiger partial charge on any atom is 0.275 e. The third-order valence-corrected chi connectivity index (χ3v) is 5.55. The number of carbonyl (C=O) groups is 1. The van der Waals surface area contributed by atoms with Crippen molar-refractivity contribution in [2.75, 3.05) is 17.2 Å². The highest BCUT2D eigenvalue weighted by atomic mass is 32.1. The molecule has 0 aliphatic carbocycles. The number of rotatable bonds is 6. The number of anilines is 2. The third-order valence-electron chi connectivity index (χ3n) is 5.35. The summed E-state index contributed by atoms with van der Waals surface area (Å²) >= 11 is 5.22. The van der Waals surface area contributed by atoms with Gasteiger partial charge < -0.3 is 15.4 Å². The van der Waals surface area contributed by atoms with Crippen LogP contribution in [0.4, 0.5) is 20.3 Å². The topological polar surface area (TPSA) is 92.2 Å². The first-order chi connectivity index (χ1) is 16.5. The Morgan fingerprint density at radius 2 is 1.94 bits per heavy atom. The molecule has 178 valence electrons. The lowest BCUT2D eigenvalue weighted by molar-refractivity contribution is 0.0656. The summed E-state index contributed by atoms with van der Waals surface area (Å²) in [6.45, 7) is 2.47. The van der Waals surface area contributed by atoms with E-state index in [0.717, 1.165) is 11.3 Å². The summed E-state index contributed by atoms with van der Waals surface area (Å²) < 4.78 is 34.2. The highest BCUT2D eigenvalue weighted by Gasteiger charge is 2.36. The van der Waals surface area contributed by atoms with Crippen molar-refractivity contribution in [3.8, 4) is 5.75 Å². The molecular weight excluding hydrogens is 462 g/mol. The lowest BCUT2D eigenvalue weighted by Crippen LogP contribution is -2.44. The lowest BCUT2D eigenvalue weighted by Gasteiger charge is -2.32. The van der Waals surface area contributed by atoms with Crippen molar-refractivity contribution in [3.05, 3.63) is 71.9 Å². The quantitative estimate of drug-likeness (QED) is 0.305. The molecule has 4 rings (SSSR count). The minimum atomic E-state index is -2.63. The van der Waals surface area contributed by atoms with Crippen LogP contribution in [0.15, 0.2) is 60.8 Å². The number of hydrazine groups is 1. The molecule has 3 aromatic rings. The monoisotopic (exact) mass is 486 g/mol. The smallest absolute Gasteiger partial charge is 0.275 e. The zero-order valence-corrected chi connectivity index (χ0v) is 19.1. The van der Waals surface area contributed by atoms with E-state index >= 15 is 0 Å². The van der Waals surface area contributed by atoms with Gasteiger partial charge in [0.15, 0.2) is 5.11 Å². The van der Waals surface area contributed by atoms with Crippen LogP contribution < -0.4 is 26.2 Å². The van der Waals surface area contributed by atoms with Crippen molar-refractivity contribution >= 4 is 34.7 Å². The number of nitrogens with zero attached hydrogens (tertiary/aromatic N) is 2. The normalized spacial score (nSPS) is 16.8. The Kier molecular flexibility index (Phi) is 7.21. The molecule has 4 N–H and O–H groups in total. The molecule has 2 aromatic carbocycles. The molecule has 34 heavy (non-hydrogen) atoms. The van der Waals surface area contributed by atoms with Crippen molar-refractivity contribution < 1.29 is 18.3 Å². The summed E-state index contributed by atoms with van der Waals surface area (Å²) in [5.74, 6) is 0.399. The van der Waals surface area contributed by atoms with E-state index in [1.54, 1.807) is 24.3 Å². The van der Waals surface area contributed by atoms with Crippen LogP contribution in [0.25, 0.3) is 0 Å². The molecule has 0 radical (unpaired) electrons. The number of nitrogens with one attached hydrogen (secondary N) is 4. The van der Waals surface area contributed by atoms with E-state index in [2.05, 4.69) is 26.6 Å². The molecule has 0 fully saturated rings. The zero-order valence-electron chi connectivity index (χ0n) is 18.3. The molecule has 0 spiro atoms. The van der Waals surface area contributed by atoms with Crippen LogP contribution >= 0.6 is 12.2 Å². The Hall–Kier alpha value is -3.73. The van der Waals surface area contributed by atoms with Crippen LogP contribution in [0.5, 0.6) is 5.75 Å². The largest absolute Gasteiger partial charge is 0.494 e. The summed E-state index contributed by atoms with van der Waals surface area (Å²) in [4.78, 5) is 12.8. The average molecular weight is 487 g/mol. The van der Waals surface area contributed by atoms with E-state index in [9.17, 15) is 13.6 Å². The molecular formula is C23H24F2N6O2S. The molecule has 0 unspecified atom stereocenters. The molecule has 1 amide bonds. The highest BCUT2D eigenvalue weighted by Crippen LogP contribution is 2.39. The SMILES string of the molecule is CCOc1ccc(NC(=S)NNC(=O)c2cnn3c2N[C@H](c2ccccc2)C[C@H]3C(F)F)cc1. The molecule has 2 heterocycles. The van der Waals surface area contributed by atoms with E-state index in [1.807, 2.05) is 37.3 Å². The van der Waals surface area contributed by atoms with Crippen molar-refractivity contribution in [3.63, 3.8) is 0 Å². The predicted molar refractivity (Wildman–Crippen MR) is 129 cm³/mol. The van der Waals surface area contributed by atoms with Gasteiger partial charge in [0, 0.05) is 5.69 Å². The first-order valence-corrected chi connectivity index (χ1v) is 11.1. The van der Waals surface area contributed by atoms with Gasteiger partial charge in [-0.2, -0.15) is 5.10 Å². The standard InChI is InChI=1S/C23H24F2N6O2S/c1-2-33-16-10-8-15(9-11-16)27-23(34)30-29-22(32)17-13-26-31-19(20(24)25)12-18(28-21(17)31)14-6-4-3-5-7-14/h3-11,13,18-20,28H,2,12H2,1H3,(H,29,32)(H2,27,30,34)/t18-,19-/m0/s1. The van der Waals surface area contributed by atoms with Crippen molar-refractivity contribution in [1.29, 1.82) is 0 Å². The average Bonchev–Trinajstić information content (AvgIpc) is 3.28. The van der Waals surface area contributed by atoms with E-state index in [4.69, 9.17) is 17.0 Å². The number of aromatic nitrogens is 2. The second-order valence-electron chi connectivity index (χ2n) is 7.59. The number of halogens is 2. The van der Waals surface area contributed by atoms with Crippen molar-refractivity contribution in [2.45, 2.75) is 31.9 Å². The van der Waals surface area contributed by atoms with Crippen LogP contribution in [-0.4, -0.2) is 33.8 Å². The van der Waals surface area contributed by atoms with Gasteiger partial charge >= 0.3 is 0 Å². The first kappa shape index (κ1) is 23.4. The number of alkyl halides is 2. The fourth-order valence-corrected chi connectivity index (χ4v) is 3.92. The number of carbonyl (C=O) groups excluding carboxylic acids is 1. The Balaban J connectivity index is 1.43. The van der Waals surface area contributed by atoms with Gasteiger partial charge in [-0.25, -0.2) is 13.5 Å². The molecule has 11 heteroatoms. The Morgan fingerprint density at radius 1 is 1.21 bits per heavy atom. The van der Waals surface area contributed by atoms with Gasteiger partial charge in [-0.3, -0.25) is 15.6 Å².